The SMILES string of the molecule is COc1ccc2nc(C)nc(SCC(=O)c3ccc(CNC(=O)C4CC4)s3)c2c1. The van der Waals surface area contributed by atoms with Crippen molar-refractivity contribution in [1.82, 2.24) is 15.3 Å². The van der Waals surface area contributed by atoms with Crippen LogP contribution in [-0.4, -0.2) is 34.5 Å². The van der Waals surface area contributed by atoms with Crippen LogP contribution in [0.3, 0.4) is 0 Å². The lowest BCUT2D eigenvalue weighted by Gasteiger charge is -2.08. The molecule has 1 amide bonds. The quantitative estimate of drug-likeness (QED) is 0.332. The number of ketones is 1. The molecule has 0 radical (unpaired) electrons. The Morgan fingerprint density at radius 1 is 1.24 bits per heavy atom. The monoisotopic (exact) mass is 427 g/mol. The van der Waals surface area contributed by atoms with Crippen molar-refractivity contribution >= 4 is 45.7 Å². The third kappa shape index (κ3) is 4.76. The summed E-state index contributed by atoms with van der Waals surface area (Å²) in [5.74, 6) is 2.04. The number of amides is 1. The van der Waals surface area contributed by atoms with Gasteiger partial charge in [0.2, 0.25) is 5.91 Å². The molecule has 0 bridgehead atoms. The van der Waals surface area contributed by atoms with Crippen LogP contribution in [0.2, 0.25) is 0 Å². The summed E-state index contributed by atoms with van der Waals surface area (Å²) in [7, 11) is 1.62. The fourth-order valence-electron chi connectivity index (χ4n) is 2.92. The van der Waals surface area contributed by atoms with E-state index < -0.39 is 0 Å². The number of thioether (sulfide) groups is 1. The number of aromatic nitrogens is 2. The minimum absolute atomic E-state index is 0.0482. The van der Waals surface area contributed by atoms with Gasteiger partial charge in [-0.15, -0.1) is 11.3 Å². The molecule has 0 spiro atoms. The summed E-state index contributed by atoms with van der Waals surface area (Å²) < 4.78 is 5.30. The molecule has 2 heterocycles. The number of carbonyl (C=O) groups is 2. The van der Waals surface area contributed by atoms with Crippen molar-refractivity contribution in [1.29, 1.82) is 0 Å². The summed E-state index contributed by atoms with van der Waals surface area (Å²) in [6.07, 6.45) is 1.97. The second-order valence-electron chi connectivity index (χ2n) is 6.93. The molecule has 1 fully saturated rings. The van der Waals surface area contributed by atoms with Crippen LogP contribution < -0.4 is 10.1 Å². The van der Waals surface area contributed by atoms with Crippen LogP contribution >= 0.6 is 23.1 Å². The molecule has 0 aliphatic heterocycles. The van der Waals surface area contributed by atoms with Crippen molar-refractivity contribution in [2.45, 2.75) is 31.3 Å². The highest BCUT2D eigenvalue weighted by atomic mass is 32.2. The van der Waals surface area contributed by atoms with Gasteiger partial charge in [-0.3, -0.25) is 9.59 Å². The molecule has 1 N–H and O–H groups in total. The Morgan fingerprint density at radius 3 is 2.83 bits per heavy atom. The molecule has 2 aromatic heterocycles. The van der Waals surface area contributed by atoms with Crippen LogP contribution in [0.25, 0.3) is 10.9 Å². The summed E-state index contributed by atoms with van der Waals surface area (Å²) >= 11 is 2.84. The number of rotatable bonds is 8. The molecular formula is C21H21N3O3S2. The normalized spacial score (nSPS) is 13.4. The summed E-state index contributed by atoms with van der Waals surface area (Å²) in [6, 6.07) is 9.40. The summed E-state index contributed by atoms with van der Waals surface area (Å²) in [4.78, 5) is 35.1. The maximum absolute atomic E-state index is 12.7. The smallest absolute Gasteiger partial charge is 0.223 e. The van der Waals surface area contributed by atoms with Crippen LogP contribution in [0.1, 0.15) is 33.2 Å². The Kier molecular flexibility index (Phi) is 5.82. The average Bonchev–Trinajstić information content (AvgIpc) is 3.47. The Hall–Kier alpha value is -2.45. The first kappa shape index (κ1) is 19.8. The van der Waals surface area contributed by atoms with E-state index in [1.807, 2.05) is 37.3 Å². The zero-order valence-corrected chi connectivity index (χ0v) is 17.9. The van der Waals surface area contributed by atoms with Crippen LogP contribution in [0.5, 0.6) is 5.75 Å². The second-order valence-corrected chi connectivity index (χ2v) is 9.06. The number of methoxy groups -OCH3 is 1. The molecule has 1 aliphatic carbocycles. The number of nitrogens with one attached hydrogen (secondary N) is 1. The van der Waals surface area contributed by atoms with Gasteiger partial charge < -0.3 is 10.1 Å². The maximum atomic E-state index is 12.7. The van der Waals surface area contributed by atoms with E-state index in [0.717, 1.165) is 39.4 Å². The number of thiophene rings is 1. The molecule has 1 saturated carbocycles. The van der Waals surface area contributed by atoms with Gasteiger partial charge in [0.25, 0.3) is 0 Å². The van der Waals surface area contributed by atoms with Crippen molar-refractivity contribution in [2.75, 3.05) is 12.9 Å². The zero-order valence-electron chi connectivity index (χ0n) is 16.2. The average molecular weight is 428 g/mol. The molecule has 29 heavy (non-hydrogen) atoms. The van der Waals surface area contributed by atoms with Gasteiger partial charge in [-0.2, -0.15) is 0 Å². The van der Waals surface area contributed by atoms with Crippen molar-refractivity contribution in [3.63, 3.8) is 0 Å². The number of nitrogens with zero attached hydrogens (tertiary/aromatic N) is 2. The fraction of sp³-hybridized carbons (Fsp3) is 0.333. The first-order valence-electron chi connectivity index (χ1n) is 9.38. The van der Waals surface area contributed by atoms with Gasteiger partial charge in [0, 0.05) is 16.2 Å². The second kappa shape index (κ2) is 8.51. The van der Waals surface area contributed by atoms with E-state index in [2.05, 4.69) is 15.3 Å². The van der Waals surface area contributed by atoms with Crippen molar-refractivity contribution < 1.29 is 14.3 Å². The van der Waals surface area contributed by atoms with Gasteiger partial charge in [-0.1, -0.05) is 11.8 Å². The van der Waals surface area contributed by atoms with Crippen molar-refractivity contribution in [3.05, 3.63) is 45.9 Å². The predicted octanol–water partition coefficient (Wildman–Crippen LogP) is 4.01. The number of aryl methyl sites for hydroxylation is 1. The largest absolute Gasteiger partial charge is 0.497 e. The van der Waals surface area contributed by atoms with Gasteiger partial charge in [0.15, 0.2) is 5.78 Å². The Morgan fingerprint density at radius 2 is 2.07 bits per heavy atom. The molecule has 0 unspecified atom stereocenters. The lowest BCUT2D eigenvalue weighted by molar-refractivity contribution is -0.122. The van der Waals surface area contributed by atoms with Gasteiger partial charge in [-0.25, -0.2) is 9.97 Å². The standard InChI is InChI=1S/C21H21N3O3S2/c1-12-23-17-7-5-14(27-2)9-16(17)21(24-12)28-11-18(25)19-8-6-15(29-19)10-22-20(26)13-3-4-13/h5-9,13H,3-4,10-11H2,1-2H3,(H,22,26). The number of carbonyl (C=O) groups excluding carboxylic acids is 2. The number of benzene rings is 1. The fourth-order valence-corrected chi connectivity index (χ4v) is 4.83. The van der Waals surface area contributed by atoms with Crippen LogP contribution in [-0.2, 0) is 11.3 Å². The molecule has 150 valence electrons. The summed E-state index contributed by atoms with van der Waals surface area (Å²) in [6.45, 7) is 2.33. The lowest BCUT2D eigenvalue weighted by Crippen LogP contribution is -2.23. The summed E-state index contributed by atoms with van der Waals surface area (Å²) in [5, 5.41) is 4.58. The lowest BCUT2D eigenvalue weighted by atomic mass is 10.2. The molecule has 4 rings (SSSR count). The molecule has 3 aromatic rings. The van der Waals surface area contributed by atoms with E-state index in [0.29, 0.717) is 17.2 Å². The molecule has 1 aliphatic rings. The number of Topliss-reactive ketones (excluding diaryl/α,β-unsaturated/α-hetero) is 1. The molecular weight excluding hydrogens is 406 g/mol. The Labute approximate surface area is 177 Å². The van der Waals surface area contributed by atoms with Crippen LogP contribution in [0.4, 0.5) is 0 Å². The minimum atomic E-state index is 0.0482. The van der Waals surface area contributed by atoms with Crippen LogP contribution in [0, 0.1) is 12.8 Å². The number of ether oxygens (including phenoxy) is 1. The Balaban J connectivity index is 1.42. The van der Waals surface area contributed by atoms with Crippen LogP contribution in [0.15, 0.2) is 35.4 Å². The van der Waals surface area contributed by atoms with Gasteiger partial charge >= 0.3 is 0 Å². The number of hydrogen-bond acceptors (Lipinski definition) is 7. The third-order valence-corrected chi connectivity index (χ3v) is 6.76. The maximum Gasteiger partial charge on any atom is 0.223 e. The van der Waals surface area contributed by atoms with Gasteiger partial charge in [0.05, 0.1) is 29.8 Å². The minimum Gasteiger partial charge on any atom is -0.497 e. The Bertz CT molecular complexity index is 1080. The van der Waals surface area contributed by atoms with E-state index in [-0.39, 0.29) is 23.4 Å². The number of fused-ring (bicyclic) bond motifs is 1. The highest BCUT2D eigenvalue weighted by Gasteiger charge is 2.29. The number of hydrogen-bond donors (Lipinski definition) is 1. The van der Waals surface area contributed by atoms with E-state index in [1.54, 1.807) is 7.11 Å². The predicted molar refractivity (Wildman–Crippen MR) is 115 cm³/mol. The topological polar surface area (TPSA) is 81.2 Å². The third-order valence-electron chi connectivity index (χ3n) is 4.64. The molecule has 0 saturated heterocycles. The van der Waals surface area contributed by atoms with Gasteiger partial charge in [-0.05, 0) is 50.1 Å². The summed E-state index contributed by atoms with van der Waals surface area (Å²) in [5.41, 5.74) is 0.832. The molecule has 0 atom stereocenters. The van der Waals surface area contributed by atoms with Crippen molar-refractivity contribution in [2.24, 2.45) is 5.92 Å². The highest BCUT2D eigenvalue weighted by Crippen LogP contribution is 2.30. The van der Waals surface area contributed by atoms with E-state index in [4.69, 9.17) is 4.74 Å². The molecule has 8 heteroatoms. The van der Waals surface area contributed by atoms with E-state index >= 15 is 0 Å². The van der Waals surface area contributed by atoms with Crippen molar-refractivity contribution in [3.8, 4) is 5.75 Å². The van der Waals surface area contributed by atoms with Gasteiger partial charge in [0.1, 0.15) is 16.6 Å². The zero-order chi connectivity index (χ0) is 20.4. The first-order valence-corrected chi connectivity index (χ1v) is 11.2. The highest BCUT2D eigenvalue weighted by molar-refractivity contribution is 8.00. The molecule has 1 aromatic carbocycles. The first-order chi connectivity index (χ1) is 14.0. The molecule has 6 nitrogen and oxygen atoms in total. The van der Waals surface area contributed by atoms with E-state index in [9.17, 15) is 9.59 Å². The van der Waals surface area contributed by atoms with E-state index in [1.165, 1.54) is 23.1 Å².